The lowest BCUT2D eigenvalue weighted by Gasteiger charge is -2.31. The van der Waals surface area contributed by atoms with Gasteiger partial charge >= 0.3 is 0 Å². The summed E-state index contributed by atoms with van der Waals surface area (Å²) >= 11 is 0. The molecule has 1 N–H and O–H groups in total. The third kappa shape index (κ3) is 6.75. The zero-order valence-corrected chi connectivity index (χ0v) is 29.3. The van der Waals surface area contributed by atoms with Gasteiger partial charge in [0.15, 0.2) is 0 Å². The van der Waals surface area contributed by atoms with E-state index in [0.29, 0.717) is 0 Å². The molecule has 0 saturated heterocycles. The van der Waals surface area contributed by atoms with Crippen molar-refractivity contribution in [1.29, 1.82) is 0 Å². The molecule has 0 aliphatic heterocycles. The molecule has 0 atom stereocenters. The van der Waals surface area contributed by atoms with Gasteiger partial charge in [-0.05, 0) is 118 Å². The number of aryl methyl sites for hydroxylation is 2. The fraction of sp³-hybridized carbons (Fsp3) is 0.227. The Hall–Kier alpha value is -5.22. The molecule has 242 valence electrons. The van der Waals surface area contributed by atoms with Crippen LogP contribution in [0.25, 0.3) is 33.6 Å². The molecule has 0 aliphatic carbocycles. The molecule has 0 bridgehead atoms. The van der Waals surface area contributed by atoms with Crippen LogP contribution in [-0.2, 0) is 10.8 Å². The van der Waals surface area contributed by atoms with E-state index in [4.69, 9.17) is 9.97 Å². The molecule has 0 spiro atoms. The first kappa shape index (κ1) is 32.7. The average molecular weight is 632 g/mol. The van der Waals surface area contributed by atoms with Gasteiger partial charge in [-0.25, -0.2) is 4.98 Å². The first-order valence-electron chi connectivity index (χ1n) is 16.6. The van der Waals surface area contributed by atoms with Crippen LogP contribution in [0.1, 0.15) is 63.8 Å². The number of hydrogen-bond acceptors (Lipinski definition) is 4. The van der Waals surface area contributed by atoms with Crippen molar-refractivity contribution in [3.8, 4) is 39.4 Å². The van der Waals surface area contributed by atoms with Gasteiger partial charge in [0, 0.05) is 23.1 Å². The van der Waals surface area contributed by atoms with Crippen molar-refractivity contribution in [3.63, 3.8) is 0 Å². The molecule has 4 aromatic carbocycles. The Morgan fingerprint density at radius 2 is 1.21 bits per heavy atom. The Kier molecular flexibility index (Phi) is 8.70. The Morgan fingerprint density at radius 3 is 1.88 bits per heavy atom. The van der Waals surface area contributed by atoms with Crippen LogP contribution in [0.3, 0.4) is 0 Å². The highest BCUT2D eigenvalue weighted by molar-refractivity contribution is 5.82. The molecule has 6 rings (SSSR count). The summed E-state index contributed by atoms with van der Waals surface area (Å²) in [5, 5.41) is 10.7. The normalized spacial score (nSPS) is 11.8. The van der Waals surface area contributed by atoms with Crippen LogP contribution in [0.4, 0.5) is 17.2 Å². The van der Waals surface area contributed by atoms with Gasteiger partial charge in [-0.15, -0.1) is 0 Å². The lowest BCUT2D eigenvalue weighted by Crippen LogP contribution is -2.19. The maximum Gasteiger partial charge on any atom is 0.138 e. The topological polar surface area (TPSA) is 49.2 Å². The minimum atomic E-state index is -0.0628. The van der Waals surface area contributed by atoms with Crippen LogP contribution in [0.15, 0.2) is 121 Å². The number of aromatic nitrogens is 2. The number of aromatic hydroxyl groups is 1. The molecule has 0 fully saturated rings. The largest absolute Gasteiger partial charge is 0.507 e. The van der Waals surface area contributed by atoms with Crippen molar-refractivity contribution in [1.82, 2.24) is 9.97 Å². The molecule has 0 aliphatic rings. The molecular weight excluding hydrogens is 587 g/mol. The number of pyridine rings is 2. The number of phenols is 1. The monoisotopic (exact) mass is 631 g/mol. The van der Waals surface area contributed by atoms with Gasteiger partial charge in [-0.2, -0.15) is 0 Å². The maximum absolute atomic E-state index is 10.7. The van der Waals surface area contributed by atoms with E-state index in [0.717, 1.165) is 45.3 Å². The minimum absolute atomic E-state index is 0.0628. The van der Waals surface area contributed by atoms with Crippen molar-refractivity contribution in [2.24, 2.45) is 0 Å². The number of para-hydroxylation sites is 1. The highest BCUT2D eigenvalue weighted by Gasteiger charge is 2.24. The molecule has 48 heavy (non-hydrogen) atoms. The molecule has 0 amide bonds. The van der Waals surface area contributed by atoms with Crippen LogP contribution in [0, 0.1) is 13.8 Å². The van der Waals surface area contributed by atoms with Gasteiger partial charge in [0.25, 0.3) is 0 Å². The molecule has 6 aromatic rings. The van der Waals surface area contributed by atoms with Crippen LogP contribution < -0.4 is 4.90 Å². The summed E-state index contributed by atoms with van der Waals surface area (Å²) in [5.41, 5.74) is 12.5. The van der Waals surface area contributed by atoms with Crippen molar-refractivity contribution in [2.45, 2.75) is 66.2 Å². The maximum atomic E-state index is 10.7. The summed E-state index contributed by atoms with van der Waals surface area (Å²) in [5.74, 6) is 1.04. The number of nitrogens with zero attached hydrogens (tertiary/aromatic N) is 3. The van der Waals surface area contributed by atoms with Crippen molar-refractivity contribution >= 4 is 17.2 Å². The zero-order valence-electron chi connectivity index (χ0n) is 29.3. The van der Waals surface area contributed by atoms with E-state index >= 15 is 0 Å². The predicted molar refractivity (Wildman–Crippen MR) is 202 cm³/mol. The van der Waals surface area contributed by atoms with E-state index in [2.05, 4.69) is 133 Å². The van der Waals surface area contributed by atoms with E-state index in [1.165, 1.54) is 27.8 Å². The van der Waals surface area contributed by atoms with Crippen LogP contribution >= 0.6 is 0 Å². The second-order valence-electron chi connectivity index (χ2n) is 14.7. The third-order valence-electron chi connectivity index (χ3n) is 8.98. The summed E-state index contributed by atoms with van der Waals surface area (Å²) in [7, 11) is 0. The summed E-state index contributed by atoms with van der Waals surface area (Å²) < 4.78 is 0. The Labute approximate surface area is 285 Å². The van der Waals surface area contributed by atoms with Crippen molar-refractivity contribution in [2.75, 3.05) is 4.90 Å². The van der Waals surface area contributed by atoms with E-state index in [9.17, 15) is 5.11 Å². The van der Waals surface area contributed by atoms with E-state index in [1.54, 1.807) is 6.07 Å². The highest BCUT2D eigenvalue weighted by Crippen LogP contribution is 2.41. The van der Waals surface area contributed by atoms with Gasteiger partial charge in [-0.1, -0.05) is 102 Å². The van der Waals surface area contributed by atoms with Crippen LogP contribution in [-0.4, -0.2) is 15.1 Å². The highest BCUT2D eigenvalue weighted by atomic mass is 16.3. The second kappa shape index (κ2) is 12.8. The molecule has 2 heterocycles. The van der Waals surface area contributed by atoms with Gasteiger partial charge in [-0.3, -0.25) is 9.88 Å². The van der Waals surface area contributed by atoms with Crippen molar-refractivity contribution in [3.05, 3.63) is 144 Å². The smallest absolute Gasteiger partial charge is 0.138 e. The molecule has 0 unspecified atom stereocenters. The average Bonchev–Trinajstić information content (AvgIpc) is 3.05. The number of rotatable bonds is 6. The van der Waals surface area contributed by atoms with Gasteiger partial charge in [0.1, 0.15) is 11.6 Å². The Balaban J connectivity index is 1.55. The van der Waals surface area contributed by atoms with Gasteiger partial charge in [0.05, 0.1) is 11.4 Å². The predicted octanol–water partition coefficient (Wildman–Crippen LogP) is 11.9. The lowest BCUT2D eigenvalue weighted by atomic mass is 9.80. The molecule has 0 radical (unpaired) electrons. The fourth-order valence-corrected chi connectivity index (χ4v) is 6.24. The summed E-state index contributed by atoms with van der Waals surface area (Å²) in [6.45, 7) is 17.9. The zero-order chi connectivity index (χ0) is 34.2. The fourth-order valence-electron chi connectivity index (χ4n) is 6.24. The third-order valence-corrected chi connectivity index (χ3v) is 8.98. The van der Waals surface area contributed by atoms with E-state index < -0.39 is 0 Å². The number of benzene rings is 4. The molecule has 0 saturated carbocycles. The molecule has 2 aromatic heterocycles. The number of anilines is 3. The quantitative estimate of drug-likeness (QED) is 0.199. The number of phenolic OH excluding ortho intramolecular Hbond substituents is 1. The first-order chi connectivity index (χ1) is 22.8. The first-order valence-corrected chi connectivity index (χ1v) is 16.6. The van der Waals surface area contributed by atoms with E-state index in [-0.39, 0.29) is 16.6 Å². The second-order valence-corrected chi connectivity index (χ2v) is 14.7. The van der Waals surface area contributed by atoms with Crippen LogP contribution in [0.5, 0.6) is 5.75 Å². The number of hydrogen-bond donors (Lipinski definition) is 1. The lowest BCUT2D eigenvalue weighted by molar-refractivity contribution is 0.477. The molecule has 4 heteroatoms. The minimum Gasteiger partial charge on any atom is -0.507 e. The van der Waals surface area contributed by atoms with Crippen LogP contribution in [0.2, 0.25) is 0 Å². The summed E-state index contributed by atoms with van der Waals surface area (Å²) in [4.78, 5) is 12.3. The summed E-state index contributed by atoms with van der Waals surface area (Å²) in [6, 6.07) is 39.5. The van der Waals surface area contributed by atoms with Crippen molar-refractivity contribution < 1.29 is 5.11 Å². The Bertz CT molecular complexity index is 2050. The molecular formula is C44H45N3O. The standard InChI is InChI=1S/C44H45N3O/c1-29-14-11-15-30(2)42(29)32-22-23-45-39(25-32)38-19-13-21-41(46-38)47(35-17-12-16-31(24-35)37-18-9-10-20-40(37)48)36-27-33(43(3,4)5)26-34(28-36)44(6,7)8/h9-28,48H,1-8H3. The molecule has 4 nitrogen and oxygen atoms in total. The summed E-state index contributed by atoms with van der Waals surface area (Å²) in [6.07, 6.45) is 1.88. The van der Waals surface area contributed by atoms with Gasteiger partial charge in [0.2, 0.25) is 0 Å². The SMILES string of the molecule is Cc1cccc(C)c1-c1ccnc(-c2cccc(N(c3cccc(-c4ccccc4O)c3)c3cc(C(C)(C)C)cc(C(C)(C)C)c3)n2)c1. The van der Waals surface area contributed by atoms with Gasteiger partial charge < -0.3 is 5.11 Å². The van der Waals surface area contributed by atoms with E-state index in [1.807, 2.05) is 42.6 Å². The Morgan fingerprint density at radius 1 is 0.562 bits per heavy atom.